The monoisotopic (exact) mass is 738 g/mol. The minimum absolute atomic E-state index is 0.292. The Labute approximate surface area is 331 Å². The van der Waals surface area contributed by atoms with Crippen LogP contribution < -0.4 is 4.90 Å². The minimum Gasteiger partial charge on any atom is -0.311 e. The summed E-state index contributed by atoms with van der Waals surface area (Å²) in [4.78, 5) is 38.3. The van der Waals surface area contributed by atoms with E-state index in [4.69, 9.17) is 0 Å². The van der Waals surface area contributed by atoms with Gasteiger partial charge in [0.15, 0.2) is 6.29 Å². The summed E-state index contributed by atoms with van der Waals surface area (Å²) in [5.41, 5.74) is 14.3. The first-order chi connectivity index (χ1) is 27.9. The van der Waals surface area contributed by atoms with E-state index in [1.54, 1.807) is 18.0 Å². The molecule has 9 aromatic rings. The predicted octanol–water partition coefficient (Wildman–Crippen LogP) is 11.9. The van der Waals surface area contributed by atoms with Crippen LogP contribution in [0.15, 0.2) is 170 Å². The number of benzene rings is 6. The Balaban J connectivity index is 1.25. The number of carbonyl (C=O) groups is 2. The van der Waals surface area contributed by atoms with Crippen LogP contribution in [0.5, 0.6) is 0 Å². The Bertz CT molecular complexity index is 2830. The minimum atomic E-state index is -0.292. The van der Waals surface area contributed by atoms with E-state index >= 15 is 4.79 Å². The fraction of sp³-hybridized carbons (Fsp3) is 0.0588. The molecule has 0 aliphatic rings. The van der Waals surface area contributed by atoms with Crippen LogP contribution in [0.3, 0.4) is 0 Å². The quantitative estimate of drug-likeness (QED) is 0.146. The SMILES string of the molecule is Cc1cnccc1-c1ccc2c(c1)c1cc(-c3ccncc3C)ccc1n2-c1cccc(C=O)c1C(=O)N(C)c1cc(-c2ccccc2)cc(-c2ccccc2)c1. The van der Waals surface area contributed by atoms with Crippen LogP contribution in [0, 0.1) is 13.8 Å². The third-order valence-corrected chi connectivity index (χ3v) is 10.9. The molecule has 0 aliphatic carbocycles. The molecule has 57 heavy (non-hydrogen) atoms. The maximum absolute atomic E-state index is 15.1. The van der Waals surface area contributed by atoms with Crippen LogP contribution >= 0.6 is 0 Å². The van der Waals surface area contributed by atoms with E-state index in [0.29, 0.717) is 22.5 Å². The molecule has 0 saturated heterocycles. The number of aryl methyl sites for hydroxylation is 2. The van der Waals surface area contributed by atoms with Gasteiger partial charge in [0.1, 0.15) is 0 Å². The number of fused-ring (bicyclic) bond motifs is 3. The van der Waals surface area contributed by atoms with Gasteiger partial charge in [-0.25, -0.2) is 0 Å². The van der Waals surface area contributed by atoms with Gasteiger partial charge in [-0.05, 0) is 130 Å². The Kier molecular flexibility index (Phi) is 9.07. The third kappa shape index (κ3) is 6.37. The van der Waals surface area contributed by atoms with Crippen molar-refractivity contribution in [2.24, 2.45) is 0 Å². The van der Waals surface area contributed by atoms with Crippen LogP contribution in [0.4, 0.5) is 5.69 Å². The second-order valence-electron chi connectivity index (χ2n) is 14.4. The summed E-state index contributed by atoms with van der Waals surface area (Å²) in [5, 5.41) is 2.05. The molecule has 0 aliphatic heterocycles. The lowest BCUT2D eigenvalue weighted by Crippen LogP contribution is -2.28. The number of hydrogen-bond donors (Lipinski definition) is 0. The van der Waals surface area contributed by atoms with Gasteiger partial charge in [0.2, 0.25) is 0 Å². The Morgan fingerprint density at radius 2 is 1.09 bits per heavy atom. The fourth-order valence-electron chi connectivity index (χ4n) is 7.97. The van der Waals surface area contributed by atoms with Gasteiger partial charge in [-0.15, -0.1) is 0 Å². The van der Waals surface area contributed by atoms with E-state index in [-0.39, 0.29) is 5.91 Å². The van der Waals surface area contributed by atoms with Gasteiger partial charge in [0, 0.05) is 53.9 Å². The number of carbonyl (C=O) groups excluding carboxylic acids is 2. The van der Waals surface area contributed by atoms with Gasteiger partial charge in [0.05, 0.1) is 22.3 Å². The van der Waals surface area contributed by atoms with Crippen LogP contribution in [-0.4, -0.2) is 33.8 Å². The summed E-state index contributed by atoms with van der Waals surface area (Å²) in [6.45, 7) is 4.13. The summed E-state index contributed by atoms with van der Waals surface area (Å²) in [5.74, 6) is -0.292. The van der Waals surface area contributed by atoms with Gasteiger partial charge >= 0.3 is 0 Å². The van der Waals surface area contributed by atoms with Gasteiger partial charge in [-0.2, -0.15) is 0 Å². The summed E-state index contributed by atoms with van der Waals surface area (Å²) >= 11 is 0. The van der Waals surface area contributed by atoms with Crippen LogP contribution in [0.1, 0.15) is 31.8 Å². The zero-order valence-electron chi connectivity index (χ0n) is 31.8. The van der Waals surface area contributed by atoms with Gasteiger partial charge in [-0.3, -0.25) is 19.6 Å². The van der Waals surface area contributed by atoms with Crippen molar-refractivity contribution in [1.29, 1.82) is 0 Å². The standard InChI is InChI=1S/C51H38N4O2/c1-33-30-52-23-21-43(33)37-17-19-47-45(28-37)46-29-38(44-22-24-53-31-34(44)2)18-20-48(46)55(47)49-16-10-15-39(32-56)50(49)51(57)54(3)42-26-40(35-11-6-4-7-12-35)25-41(27-42)36-13-8-5-9-14-36/h4-32H,1-3H3. The normalized spacial score (nSPS) is 11.2. The van der Waals surface area contributed by atoms with Crippen molar-refractivity contribution in [3.8, 4) is 50.2 Å². The van der Waals surface area contributed by atoms with Crippen LogP contribution in [0.2, 0.25) is 0 Å². The largest absolute Gasteiger partial charge is 0.311 e. The van der Waals surface area contributed by atoms with Crippen molar-refractivity contribution >= 4 is 39.7 Å². The molecule has 6 aromatic carbocycles. The van der Waals surface area contributed by atoms with Gasteiger partial charge in [-0.1, -0.05) is 84.9 Å². The molecule has 0 bridgehead atoms. The summed E-state index contributed by atoms with van der Waals surface area (Å²) in [6.07, 6.45) is 8.17. The van der Waals surface area contributed by atoms with Crippen molar-refractivity contribution < 1.29 is 9.59 Å². The zero-order valence-corrected chi connectivity index (χ0v) is 31.8. The zero-order chi connectivity index (χ0) is 39.0. The highest BCUT2D eigenvalue weighted by atomic mass is 16.2. The molecule has 0 saturated carbocycles. The molecule has 0 unspecified atom stereocenters. The first kappa shape index (κ1) is 35.3. The van der Waals surface area contributed by atoms with E-state index in [0.717, 1.165) is 83.7 Å². The summed E-state index contributed by atoms with van der Waals surface area (Å²) < 4.78 is 2.13. The van der Waals surface area contributed by atoms with Crippen molar-refractivity contribution in [2.45, 2.75) is 13.8 Å². The molecule has 0 radical (unpaired) electrons. The first-order valence-electron chi connectivity index (χ1n) is 18.9. The number of nitrogens with zero attached hydrogens (tertiary/aromatic N) is 4. The highest BCUT2D eigenvalue weighted by Crippen LogP contribution is 2.40. The summed E-state index contributed by atoms with van der Waals surface area (Å²) in [6, 6.07) is 49.0. The number of amides is 1. The summed E-state index contributed by atoms with van der Waals surface area (Å²) in [7, 11) is 1.78. The molecule has 0 atom stereocenters. The molecular formula is C51H38N4O2. The number of anilines is 1. The van der Waals surface area contributed by atoms with Crippen molar-refractivity contribution in [3.05, 3.63) is 193 Å². The number of aldehydes is 1. The molecular weight excluding hydrogens is 701 g/mol. The Morgan fingerprint density at radius 3 is 1.58 bits per heavy atom. The maximum atomic E-state index is 15.1. The smallest absolute Gasteiger partial charge is 0.260 e. The van der Waals surface area contributed by atoms with Gasteiger partial charge in [0.25, 0.3) is 5.91 Å². The third-order valence-electron chi connectivity index (χ3n) is 10.9. The number of hydrogen-bond acceptors (Lipinski definition) is 4. The molecule has 274 valence electrons. The molecule has 0 spiro atoms. The second-order valence-corrected chi connectivity index (χ2v) is 14.4. The maximum Gasteiger partial charge on any atom is 0.260 e. The van der Waals surface area contributed by atoms with Crippen molar-refractivity contribution in [1.82, 2.24) is 14.5 Å². The van der Waals surface area contributed by atoms with E-state index < -0.39 is 0 Å². The Morgan fingerprint density at radius 1 is 0.561 bits per heavy atom. The molecule has 9 rings (SSSR count). The average molecular weight is 739 g/mol. The average Bonchev–Trinajstić information content (AvgIpc) is 3.59. The van der Waals surface area contributed by atoms with Crippen molar-refractivity contribution in [3.63, 3.8) is 0 Å². The lowest BCUT2D eigenvalue weighted by molar-refractivity contribution is 0.0986. The second kappa shape index (κ2) is 14.7. The van der Waals surface area contributed by atoms with E-state index in [2.05, 4.69) is 95.1 Å². The molecule has 1 amide bonds. The number of pyridine rings is 2. The molecule has 3 aromatic heterocycles. The molecule has 0 N–H and O–H groups in total. The highest BCUT2D eigenvalue weighted by Gasteiger charge is 2.25. The molecule has 3 heterocycles. The molecule has 6 nitrogen and oxygen atoms in total. The van der Waals surface area contributed by atoms with Crippen molar-refractivity contribution in [2.75, 3.05) is 11.9 Å². The topological polar surface area (TPSA) is 68.1 Å². The van der Waals surface area contributed by atoms with E-state index in [1.165, 1.54) is 0 Å². The van der Waals surface area contributed by atoms with Crippen LogP contribution in [-0.2, 0) is 0 Å². The van der Waals surface area contributed by atoms with Gasteiger partial charge < -0.3 is 9.47 Å². The molecule has 0 fully saturated rings. The van der Waals surface area contributed by atoms with E-state index in [9.17, 15) is 4.79 Å². The van der Waals surface area contributed by atoms with Crippen LogP contribution in [0.25, 0.3) is 72.0 Å². The Hall–Kier alpha value is -7.44. The fourth-order valence-corrected chi connectivity index (χ4v) is 7.97. The lowest BCUT2D eigenvalue weighted by Gasteiger charge is -2.23. The predicted molar refractivity (Wildman–Crippen MR) is 232 cm³/mol. The molecule has 6 heteroatoms. The number of rotatable bonds is 8. The first-order valence-corrected chi connectivity index (χ1v) is 18.9. The highest BCUT2D eigenvalue weighted by molar-refractivity contribution is 6.16. The lowest BCUT2D eigenvalue weighted by atomic mass is 9.97. The number of aromatic nitrogens is 3. The van der Waals surface area contributed by atoms with E-state index in [1.807, 2.05) is 97.6 Å².